The maximum atomic E-state index is 13.6. The second-order valence-corrected chi connectivity index (χ2v) is 10.1. The molecule has 1 aliphatic heterocycles. The van der Waals surface area contributed by atoms with Gasteiger partial charge >= 0.3 is 5.97 Å². The zero-order valence-corrected chi connectivity index (χ0v) is 21.6. The lowest BCUT2D eigenvalue weighted by Gasteiger charge is -2.25. The third-order valence-corrected chi connectivity index (χ3v) is 7.23. The summed E-state index contributed by atoms with van der Waals surface area (Å²) in [5.74, 6) is -0.112. The third kappa shape index (κ3) is 4.63. The Morgan fingerprint density at radius 3 is 2.53 bits per heavy atom. The number of esters is 1. The Kier molecular flexibility index (Phi) is 7.12. The van der Waals surface area contributed by atoms with Gasteiger partial charge in [-0.15, -0.1) is 0 Å². The number of carbonyl (C=O) groups excluding carboxylic acids is 1. The highest BCUT2D eigenvalue weighted by Crippen LogP contribution is 2.31. The summed E-state index contributed by atoms with van der Waals surface area (Å²) in [5, 5.41) is 0.964. The maximum Gasteiger partial charge on any atom is 0.338 e. The molecule has 1 unspecified atom stereocenters. The number of thiazole rings is 1. The molecular formula is C26H24Cl2N2O3S. The molecular weight excluding hydrogens is 491 g/mol. The van der Waals surface area contributed by atoms with Gasteiger partial charge in [0, 0.05) is 10.0 Å². The van der Waals surface area contributed by atoms with E-state index in [-0.39, 0.29) is 12.2 Å². The van der Waals surface area contributed by atoms with Crippen LogP contribution < -0.4 is 14.9 Å². The molecule has 34 heavy (non-hydrogen) atoms. The Bertz CT molecular complexity index is 1470. The lowest BCUT2D eigenvalue weighted by Crippen LogP contribution is -2.39. The topological polar surface area (TPSA) is 60.7 Å². The van der Waals surface area contributed by atoms with Gasteiger partial charge in [0.05, 0.1) is 28.5 Å². The van der Waals surface area contributed by atoms with Crippen LogP contribution in [0.25, 0.3) is 6.08 Å². The minimum atomic E-state index is -0.639. The van der Waals surface area contributed by atoms with E-state index in [1.165, 1.54) is 16.9 Å². The van der Waals surface area contributed by atoms with E-state index in [0.29, 0.717) is 42.1 Å². The SMILES string of the molecule is CCOC(=O)C1=C(C)N=c2sc(=Cc3ccc(Cl)cc3Cl)c(=O)n2C1c1ccc(C(C)C)cc1. The summed E-state index contributed by atoms with van der Waals surface area (Å²) >= 11 is 13.6. The van der Waals surface area contributed by atoms with Crippen molar-refractivity contribution in [2.24, 2.45) is 4.99 Å². The van der Waals surface area contributed by atoms with Crippen molar-refractivity contribution in [3.05, 3.63) is 100 Å². The van der Waals surface area contributed by atoms with Crippen molar-refractivity contribution < 1.29 is 9.53 Å². The van der Waals surface area contributed by atoms with Crippen LogP contribution in [-0.2, 0) is 9.53 Å². The molecule has 0 N–H and O–H groups in total. The Hall–Kier alpha value is -2.67. The summed E-state index contributed by atoms with van der Waals surface area (Å²) in [6.45, 7) is 8.00. The molecule has 176 valence electrons. The maximum absolute atomic E-state index is 13.6. The minimum absolute atomic E-state index is 0.230. The van der Waals surface area contributed by atoms with Gasteiger partial charge in [-0.2, -0.15) is 0 Å². The first kappa shape index (κ1) is 24.5. The number of hydrogen-bond donors (Lipinski definition) is 0. The van der Waals surface area contributed by atoms with E-state index >= 15 is 0 Å². The molecule has 3 aromatic rings. The van der Waals surface area contributed by atoms with Crippen LogP contribution >= 0.6 is 34.5 Å². The molecule has 0 saturated heterocycles. The number of allylic oxidation sites excluding steroid dienone is 1. The summed E-state index contributed by atoms with van der Waals surface area (Å²) < 4.78 is 7.38. The van der Waals surface area contributed by atoms with E-state index in [2.05, 4.69) is 18.8 Å². The van der Waals surface area contributed by atoms with Crippen molar-refractivity contribution in [1.82, 2.24) is 4.57 Å². The van der Waals surface area contributed by atoms with E-state index in [9.17, 15) is 9.59 Å². The second kappa shape index (κ2) is 9.90. The summed E-state index contributed by atoms with van der Waals surface area (Å²) in [5.41, 5.74) is 3.32. The normalized spacial score (nSPS) is 16.0. The predicted octanol–water partition coefficient (Wildman–Crippen LogP) is 5.23. The number of halogens is 2. The molecule has 1 atom stereocenters. The number of aromatic nitrogens is 1. The molecule has 8 heteroatoms. The molecule has 5 nitrogen and oxygen atoms in total. The summed E-state index contributed by atoms with van der Waals surface area (Å²) in [4.78, 5) is 31.7. The van der Waals surface area contributed by atoms with Gasteiger partial charge in [0.1, 0.15) is 0 Å². The van der Waals surface area contributed by atoms with Crippen LogP contribution in [-0.4, -0.2) is 17.1 Å². The molecule has 0 spiro atoms. The highest BCUT2D eigenvalue weighted by Gasteiger charge is 2.33. The number of rotatable bonds is 5. The summed E-state index contributed by atoms with van der Waals surface area (Å²) in [7, 11) is 0. The van der Waals surface area contributed by atoms with E-state index in [1.807, 2.05) is 24.3 Å². The number of fused-ring (bicyclic) bond motifs is 1. The van der Waals surface area contributed by atoms with Gasteiger partial charge < -0.3 is 4.74 Å². The fourth-order valence-electron chi connectivity index (χ4n) is 3.93. The quantitative estimate of drug-likeness (QED) is 0.438. The fourth-order valence-corrected chi connectivity index (χ4v) is 5.43. The first-order valence-electron chi connectivity index (χ1n) is 11.0. The Morgan fingerprint density at radius 1 is 1.21 bits per heavy atom. The van der Waals surface area contributed by atoms with Gasteiger partial charge in [-0.05, 0) is 54.7 Å². The Labute approximate surface area is 211 Å². The van der Waals surface area contributed by atoms with Gasteiger partial charge in [-0.25, -0.2) is 9.79 Å². The van der Waals surface area contributed by atoms with Crippen molar-refractivity contribution in [1.29, 1.82) is 0 Å². The highest BCUT2D eigenvalue weighted by molar-refractivity contribution is 7.07. The molecule has 4 rings (SSSR count). The molecule has 0 fully saturated rings. The molecule has 1 aromatic heterocycles. The molecule has 0 saturated carbocycles. The predicted molar refractivity (Wildman–Crippen MR) is 137 cm³/mol. The van der Waals surface area contributed by atoms with E-state index in [0.717, 1.165) is 5.56 Å². The molecule has 0 radical (unpaired) electrons. The second-order valence-electron chi connectivity index (χ2n) is 8.29. The van der Waals surface area contributed by atoms with Crippen LogP contribution in [0.15, 0.2) is 63.5 Å². The van der Waals surface area contributed by atoms with Gasteiger partial charge in [0.25, 0.3) is 5.56 Å². The first-order valence-corrected chi connectivity index (χ1v) is 12.5. The standard InChI is InChI=1S/C26H24Cl2N2O3S/c1-5-33-25(32)22-15(4)29-26-30(23(22)17-8-6-16(7-9-17)14(2)3)24(31)21(34-26)12-18-10-11-19(27)13-20(18)28/h6-14,23H,5H2,1-4H3. The summed E-state index contributed by atoms with van der Waals surface area (Å²) in [6.07, 6.45) is 1.73. The number of hydrogen-bond acceptors (Lipinski definition) is 5. The molecule has 1 aliphatic rings. The van der Waals surface area contributed by atoms with Gasteiger partial charge in [-0.3, -0.25) is 9.36 Å². The average molecular weight is 515 g/mol. The van der Waals surface area contributed by atoms with Crippen molar-refractivity contribution in [3.8, 4) is 0 Å². The van der Waals surface area contributed by atoms with Crippen LogP contribution in [0.2, 0.25) is 10.0 Å². The largest absolute Gasteiger partial charge is 0.463 e. The number of ether oxygens (including phenoxy) is 1. The minimum Gasteiger partial charge on any atom is -0.463 e. The highest BCUT2D eigenvalue weighted by atomic mass is 35.5. The van der Waals surface area contributed by atoms with E-state index in [4.69, 9.17) is 27.9 Å². The molecule has 2 aromatic carbocycles. The van der Waals surface area contributed by atoms with Crippen molar-refractivity contribution >= 4 is 46.6 Å². The fraction of sp³-hybridized carbons (Fsp3) is 0.269. The summed E-state index contributed by atoms with van der Waals surface area (Å²) in [6, 6.07) is 12.5. The van der Waals surface area contributed by atoms with Crippen LogP contribution in [0.4, 0.5) is 0 Å². The lowest BCUT2D eigenvalue weighted by molar-refractivity contribution is -0.139. The van der Waals surface area contributed by atoms with Crippen LogP contribution in [0, 0.1) is 0 Å². The van der Waals surface area contributed by atoms with Crippen molar-refractivity contribution in [2.45, 2.75) is 39.7 Å². The average Bonchev–Trinajstić information content (AvgIpc) is 3.09. The first-order chi connectivity index (χ1) is 16.2. The lowest BCUT2D eigenvalue weighted by atomic mass is 9.93. The van der Waals surface area contributed by atoms with Gasteiger partial charge in [0.2, 0.25) is 0 Å². The zero-order chi connectivity index (χ0) is 24.6. The number of benzene rings is 2. The van der Waals surface area contributed by atoms with Gasteiger partial charge in [-0.1, -0.05) is 78.7 Å². The van der Waals surface area contributed by atoms with Crippen molar-refractivity contribution in [2.75, 3.05) is 6.61 Å². The van der Waals surface area contributed by atoms with Crippen molar-refractivity contribution in [3.63, 3.8) is 0 Å². The smallest absolute Gasteiger partial charge is 0.338 e. The number of carbonyl (C=O) groups is 1. The van der Waals surface area contributed by atoms with E-state index in [1.54, 1.807) is 42.7 Å². The monoisotopic (exact) mass is 514 g/mol. The Morgan fingerprint density at radius 2 is 1.91 bits per heavy atom. The molecule has 0 amide bonds. The molecule has 2 heterocycles. The molecule has 0 bridgehead atoms. The molecule has 0 aliphatic carbocycles. The van der Waals surface area contributed by atoms with Gasteiger partial charge in [0.15, 0.2) is 4.80 Å². The Balaban J connectivity index is 1.94. The third-order valence-electron chi connectivity index (χ3n) is 5.68. The van der Waals surface area contributed by atoms with Crippen LogP contribution in [0.5, 0.6) is 0 Å². The van der Waals surface area contributed by atoms with E-state index < -0.39 is 12.0 Å². The number of nitrogens with zero attached hydrogens (tertiary/aromatic N) is 2. The van der Waals surface area contributed by atoms with Crippen LogP contribution in [0.1, 0.15) is 56.3 Å². The zero-order valence-electron chi connectivity index (χ0n) is 19.3. The van der Waals surface area contributed by atoms with Crippen LogP contribution in [0.3, 0.4) is 0 Å².